The van der Waals surface area contributed by atoms with Crippen molar-refractivity contribution in [2.75, 3.05) is 19.4 Å². The summed E-state index contributed by atoms with van der Waals surface area (Å²) in [6.07, 6.45) is 0.140. The maximum atomic E-state index is 14.2. The number of hydrogen-bond acceptors (Lipinski definition) is 3. The molecule has 0 bridgehead atoms. The number of para-hydroxylation sites is 1. The molecule has 29 heavy (non-hydrogen) atoms. The summed E-state index contributed by atoms with van der Waals surface area (Å²) >= 11 is 0. The molecule has 0 aromatic heterocycles. The third-order valence-corrected chi connectivity index (χ3v) is 4.45. The van der Waals surface area contributed by atoms with Crippen molar-refractivity contribution in [2.45, 2.75) is 6.42 Å². The highest BCUT2D eigenvalue weighted by atomic mass is 19.1. The van der Waals surface area contributed by atoms with E-state index >= 15 is 0 Å². The molecule has 0 spiro atoms. The zero-order chi connectivity index (χ0) is 21.0. The summed E-state index contributed by atoms with van der Waals surface area (Å²) in [6.45, 7) is 0. The molecular formula is C23H21FN2O3. The number of aromatic hydroxyl groups is 1. The first-order valence-corrected chi connectivity index (χ1v) is 9.03. The second kappa shape index (κ2) is 8.56. The Hall–Kier alpha value is -3.67. The number of likely N-dealkylation sites (N-methyl/N-ethyl adjacent to an activating group) is 1. The standard InChI is InChI=1S/C23H21FN2O3/c1-26(2)22(28)14-16-6-3-4-9-21(16)25-23(29)18-10-17(11-19(24)12-18)15-7-5-8-20(27)13-15/h3-13,27H,14H2,1-2H3,(H,25,29). The molecule has 5 nitrogen and oxygen atoms in total. The van der Waals surface area contributed by atoms with E-state index in [0.717, 1.165) is 6.07 Å². The van der Waals surface area contributed by atoms with Gasteiger partial charge in [-0.2, -0.15) is 0 Å². The van der Waals surface area contributed by atoms with E-state index in [1.165, 1.54) is 23.1 Å². The minimum Gasteiger partial charge on any atom is -0.508 e. The van der Waals surface area contributed by atoms with Crippen LogP contribution in [0.3, 0.4) is 0 Å². The molecule has 0 aliphatic heterocycles. The molecule has 148 valence electrons. The van der Waals surface area contributed by atoms with E-state index in [0.29, 0.717) is 22.4 Å². The van der Waals surface area contributed by atoms with Gasteiger partial charge in [-0.05, 0) is 53.1 Å². The first kappa shape index (κ1) is 20.1. The van der Waals surface area contributed by atoms with Crippen LogP contribution in [0.4, 0.5) is 10.1 Å². The summed E-state index contributed by atoms with van der Waals surface area (Å²) in [5.41, 5.74) is 2.37. The van der Waals surface area contributed by atoms with Gasteiger partial charge >= 0.3 is 0 Å². The summed E-state index contributed by atoms with van der Waals surface area (Å²) in [5, 5.41) is 12.4. The number of halogens is 1. The molecule has 3 rings (SSSR count). The fourth-order valence-corrected chi connectivity index (χ4v) is 2.88. The van der Waals surface area contributed by atoms with E-state index in [-0.39, 0.29) is 23.6 Å². The highest BCUT2D eigenvalue weighted by Gasteiger charge is 2.14. The van der Waals surface area contributed by atoms with Crippen molar-refractivity contribution in [1.82, 2.24) is 4.90 Å². The van der Waals surface area contributed by atoms with Crippen LogP contribution >= 0.6 is 0 Å². The molecule has 6 heteroatoms. The van der Waals surface area contributed by atoms with Gasteiger partial charge in [0.15, 0.2) is 0 Å². The Morgan fingerprint density at radius 2 is 1.72 bits per heavy atom. The lowest BCUT2D eigenvalue weighted by Crippen LogP contribution is -2.24. The van der Waals surface area contributed by atoms with Crippen molar-refractivity contribution < 1.29 is 19.1 Å². The van der Waals surface area contributed by atoms with E-state index in [1.807, 2.05) is 0 Å². The molecule has 0 aliphatic rings. The van der Waals surface area contributed by atoms with Gasteiger partial charge in [-0.15, -0.1) is 0 Å². The van der Waals surface area contributed by atoms with Gasteiger partial charge < -0.3 is 15.3 Å². The van der Waals surface area contributed by atoms with Gasteiger partial charge in [-0.25, -0.2) is 4.39 Å². The largest absolute Gasteiger partial charge is 0.508 e. The third kappa shape index (κ3) is 4.99. The van der Waals surface area contributed by atoms with E-state index in [1.54, 1.807) is 56.6 Å². The van der Waals surface area contributed by atoms with Crippen molar-refractivity contribution in [3.63, 3.8) is 0 Å². The predicted molar refractivity (Wildman–Crippen MR) is 110 cm³/mol. The number of benzene rings is 3. The first-order chi connectivity index (χ1) is 13.8. The molecule has 0 saturated carbocycles. The fraction of sp³-hybridized carbons (Fsp3) is 0.130. The Balaban J connectivity index is 1.88. The summed E-state index contributed by atoms with van der Waals surface area (Å²) < 4.78 is 14.2. The second-order valence-electron chi connectivity index (χ2n) is 6.86. The van der Waals surface area contributed by atoms with Crippen molar-refractivity contribution in [2.24, 2.45) is 0 Å². The molecule has 0 atom stereocenters. The van der Waals surface area contributed by atoms with Crippen LogP contribution in [0.1, 0.15) is 15.9 Å². The van der Waals surface area contributed by atoms with Gasteiger partial charge in [0.05, 0.1) is 6.42 Å². The highest BCUT2D eigenvalue weighted by molar-refractivity contribution is 6.05. The van der Waals surface area contributed by atoms with Crippen LogP contribution in [0, 0.1) is 5.82 Å². The van der Waals surface area contributed by atoms with Gasteiger partial charge in [0.25, 0.3) is 5.91 Å². The molecule has 0 unspecified atom stereocenters. The lowest BCUT2D eigenvalue weighted by Gasteiger charge is -2.14. The lowest BCUT2D eigenvalue weighted by molar-refractivity contribution is -0.127. The summed E-state index contributed by atoms with van der Waals surface area (Å²) in [4.78, 5) is 26.3. The van der Waals surface area contributed by atoms with E-state index in [4.69, 9.17) is 0 Å². The first-order valence-electron chi connectivity index (χ1n) is 9.03. The number of carbonyl (C=O) groups is 2. The zero-order valence-corrected chi connectivity index (χ0v) is 16.1. The van der Waals surface area contributed by atoms with Gasteiger partial charge in [-0.3, -0.25) is 9.59 Å². The van der Waals surface area contributed by atoms with Crippen LogP contribution in [0.15, 0.2) is 66.7 Å². The summed E-state index contributed by atoms with van der Waals surface area (Å²) in [5.74, 6) is -1.09. The second-order valence-corrected chi connectivity index (χ2v) is 6.86. The number of nitrogens with one attached hydrogen (secondary N) is 1. The van der Waals surface area contributed by atoms with Crippen LogP contribution < -0.4 is 5.32 Å². The van der Waals surface area contributed by atoms with Crippen LogP contribution in [0.5, 0.6) is 5.75 Å². The Bertz CT molecular complexity index is 1060. The van der Waals surface area contributed by atoms with E-state index < -0.39 is 11.7 Å². The average molecular weight is 392 g/mol. The Morgan fingerprint density at radius 3 is 2.45 bits per heavy atom. The van der Waals surface area contributed by atoms with Crippen LogP contribution in [-0.2, 0) is 11.2 Å². The topological polar surface area (TPSA) is 69.6 Å². The molecule has 0 radical (unpaired) electrons. The van der Waals surface area contributed by atoms with Gasteiger partial charge in [0.2, 0.25) is 5.91 Å². The number of phenolic OH excluding ortho intramolecular Hbond substituents is 1. The molecular weight excluding hydrogens is 371 g/mol. The molecule has 2 N–H and O–H groups in total. The number of rotatable bonds is 5. The van der Waals surface area contributed by atoms with Gasteiger partial charge in [0, 0.05) is 25.3 Å². The number of carbonyl (C=O) groups excluding carboxylic acids is 2. The van der Waals surface area contributed by atoms with Crippen LogP contribution in [0.2, 0.25) is 0 Å². The highest BCUT2D eigenvalue weighted by Crippen LogP contribution is 2.26. The average Bonchev–Trinajstić information content (AvgIpc) is 2.68. The molecule has 3 aromatic rings. The SMILES string of the molecule is CN(C)C(=O)Cc1ccccc1NC(=O)c1cc(F)cc(-c2cccc(O)c2)c1. The number of anilines is 1. The van der Waals surface area contributed by atoms with E-state index in [9.17, 15) is 19.1 Å². The lowest BCUT2D eigenvalue weighted by atomic mass is 10.0. The van der Waals surface area contributed by atoms with Crippen LogP contribution in [-0.4, -0.2) is 35.9 Å². The normalized spacial score (nSPS) is 10.4. The fourth-order valence-electron chi connectivity index (χ4n) is 2.88. The molecule has 0 saturated heterocycles. The number of amides is 2. The molecule has 0 heterocycles. The van der Waals surface area contributed by atoms with E-state index in [2.05, 4.69) is 5.32 Å². The summed E-state index contributed by atoms with van der Waals surface area (Å²) in [7, 11) is 3.33. The Morgan fingerprint density at radius 1 is 0.966 bits per heavy atom. The maximum Gasteiger partial charge on any atom is 0.255 e. The van der Waals surface area contributed by atoms with Gasteiger partial charge in [0.1, 0.15) is 11.6 Å². The van der Waals surface area contributed by atoms with Crippen LogP contribution in [0.25, 0.3) is 11.1 Å². The third-order valence-electron chi connectivity index (χ3n) is 4.45. The van der Waals surface area contributed by atoms with Gasteiger partial charge in [-0.1, -0.05) is 30.3 Å². The Kier molecular flexibility index (Phi) is 5.93. The Labute approximate surface area is 168 Å². The maximum absolute atomic E-state index is 14.2. The van der Waals surface area contributed by atoms with Crippen molar-refractivity contribution in [3.8, 4) is 16.9 Å². The molecule has 2 amide bonds. The number of nitrogens with zero attached hydrogens (tertiary/aromatic N) is 1. The van der Waals surface area contributed by atoms with Crippen molar-refractivity contribution >= 4 is 17.5 Å². The quantitative estimate of drug-likeness (QED) is 0.687. The smallest absolute Gasteiger partial charge is 0.255 e. The zero-order valence-electron chi connectivity index (χ0n) is 16.1. The molecule has 0 fully saturated rings. The number of phenols is 1. The monoisotopic (exact) mass is 392 g/mol. The van der Waals surface area contributed by atoms with Crippen molar-refractivity contribution in [1.29, 1.82) is 0 Å². The molecule has 0 aliphatic carbocycles. The molecule has 3 aromatic carbocycles. The van der Waals surface area contributed by atoms with Crippen molar-refractivity contribution in [3.05, 3.63) is 83.7 Å². The minimum absolute atomic E-state index is 0.0530. The predicted octanol–water partition coefficient (Wildman–Crippen LogP) is 4.08. The number of hydrogen-bond donors (Lipinski definition) is 2. The minimum atomic E-state index is -0.563. The summed E-state index contributed by atoms with van der Waals surface area (Å²) in [6, 6.07) is 17.4.